The van der Waals surface area contributed by atoms with Crippen LogP contribution in [-0.2, 0) is 5.54 Å². The largest absolute Gasteiger partial charge is 0.384 e. The van der Waals surface area contributed by atoms with E-state index in [0.29, 0.717) is 26.8 Å². The second-order valence-electron chi connectivity index (χ2n) is 10.9. The van der Waals surface area contributed by atoms with Crippen molar-refractivity contribution in [3.8, 4) is 0 Å². The lowest BCUT2D eigenvalue weighted by Crippen LogP contribution is -2.19. The van der Waals surface area contributed by atoms with Gasteiger partial charge in [0.05, 0.1) is 16.1 Å². The Hall–Kier alpha value is -2.90. The molecule has 2 heterocycles. The minimum atomic E-state index is -0.675. The highest BCUT2D eigenvalue weighted by Gasteiger charge is 2.44. The highest BCUT2D eigenvalue weighted by atomic mass is 35.5. The predicted octanol–water partition coefficient (Wildman–Crippen LogP) is 7.44. The van der Waals surface area contributed by atoms with E-state index in [0.717, 1.165) is 30.5 Å². The van der Waals surface area contributed by atoms with Gasteiger partial charge in [0, 0.05) is 34.5 Å². The Balaban J connectivity index is 1.58. The van der Waals surface area contributed by atoms with Crippen LogP contribution in [0, 0.1) is 11.4 Å². The maximum Gasteiger partial charge on any atom is 0.237 e. The van der Waals surface area contributed by atoms with Crippen molar-refractivity contribution < 1.29 is 4.39 Å². The normalized spacial score (nSPS) is 15.6. The predicted molar refractivity (Wildman–Crippen MR) is 144 cm³/mol. The van der Waals surface area contributed by atoms with Gasteiger partial charge in [0.25, 0.3) is 0 Å². The summed E-state index contributed by atoms with van der Waals surface area (Å²) in [7, 11) is 0. The van der Waals surface area contributed by atoms with Crippen LogP contribution in [0.15, 0.2) is 48.7 Å². The number of nitrogens with zero attached hydrogens (tertiary/aromatic N) is 4. The van der Waals surface area contributed by atoms with Crippen LogP contribution in [0.4, 0.5) is 15.8 Å². The van der Waals surface area contributed by atoms with Crippen LogP contribution in [0.5, 0.6) is 0 Å². The fourth-order valence-corrected chi connectivity index (χ4v) is 4.69. The number of rotatable bonds is 7. The van der Waals surface area contributed by atoms with Crippen LogP contribution in [0.1, 0.15) is 57.8 Å². The molecule has 2 N–H and O–H groups in total. The molecule has 1 saturated carbocycles. The molecule has 6 nitrogen and oxygen atoms in total. The average Bonchev–Trinajstić information content (AvgIpc) is 3.44. The lowest BCUT2D eigenvalue weighted by molar-refractivity contribution is 0.371. The van der Waals surface area contributed by atoms with Gasteiger partial charge in [-0.2, -0.15) is 4.39 Å². The van der Waals surface area contributed by atoms with Gasteiger partial charge in [-0.15, -0.1) is 5.10 Å². The van der Waals surface area contributed by atoms with E-state index < -0.39 is 12.0 Å². The number of pyridine rings is 1. The summed E-state index contributed by atoms with van der Waals surface area (Å²) < 4.78 is 17.0. The molecule has 188 valence electrons. The standard InChI is InChI=1S/C27H29Cl2FN6/c1-26(2,3)15-32-21-9-12-31-22-18(21)13-16(14-20(22)29)33-23(17-7-5-6-8-19(17)28)24-25(30)36(35-34-24)27(4)10-11-27/h5-9,12-14,23,33H,10-11,15H2,1-4H3,(H,31,32)/t23-/m0/s1. The Morgan fingerprint density at radius 2 is 1.86 bits per heavy atom. The molecule has 0 bridgehead atoms. The van der Waals surface area contributed by atoms with E-state index in [1.54, 1.807) is 18.3 Å². The zero-order chi connectivity index (χ0) is 25.7. The van der Waals surface area contributed by atoms with Gasteiger partial charge in [0.15, 0.2) is 0 Å². The van der Waals surface area contributed by atoms with Gasteiger partial charge in [-0.25, -0.2) is 4.68 Å². The van der Waals surface area contributed by atoms with Crippen LogP contribution < -0.4 is 10.6 Å². The van der Waals surface area contributed by atoms with Gasteiger partial charge in [0.1, 0.15) is 11.7 Å². The van der Waals surface area contributed by atoms with E-state index in [1.165, 1.54) is 4.68 Å². The summed E-state index contributed by atoms with van der Waals surface area (Å²) in [5.74, 6) is -0.464. The summed E-state index contributed by atoms with van der Waals surface area (Å²) in [5.41, 5.74) is 2.94. The molecule has 0 radical (unpaired) electrons. The van der Waals surface area contributed by atoms with E-state index in [9.17, 15) is 0 Å². The zero-order valence-corrected chi connectivity index (χ0v) is 22.3. The average molecular weight is 527 g/mol. The van der Waals surface area contributed by atoms with Crippen molar-refractivity contribution in [3.63, 3.8) is 0 Å². The first-order valence-corrected chi connectivity index (χ1v) is 12.8. The number of hydrogen-bond donors (Lipinski definition) is 2. The SMILES string of the molecule is CC(C)(C)CNc1ccnc2c(Cl)cc(N[C@@H](c3ccccc3Cl)c3nnn(C4(C)CC4)c3F)cc12. The number of hydrogen-bond acceptors (Lipinski definition) is 5. The maximum absolute atomic E-state index is 15.7. The molecule has 2 aromatic heterocycles. The van der Waals surface area contributed by atoms with Gasteiger partial charge >= 0.3 is 0 Å². The quantitative estimate of drug-likeness (QED) is 0.262. The summed E-state index contributed by atoms with van der Waals surface area (Å²) in [4.78, 5) is 4.48. The number of nitrogens with one attached hydrogen (secondary N) is 2. The molecule has 5 rings (SSSR count). The first kappa shape index (κ1) is 24.8. The van der Waals surface area contributed by atoms with E-state index in [-0.39, 0.29) is 16.6 Å². The lowest BCUT2D eigenvalue weighted by atomic mass is 9.97. The van der Waals surface area contributed by atoms with Gasteiger partial charge in [0.2, 0.25) is 5.95 Å². The first-order valence-electron chi connectivity index (χ1n) is 12.0. The molecule has 9 heteroatoms. The van der Waals surface area contributed by atoms with Crippen molar-refractivity contribution >= 4 is 45.5 Å². The summed E-state index contributed by atoms with van der Waals surface area (Å²) in [6.45, 7) is 9.26. The zero-order valence-electron chi connectivity index (χ0n) is 20.7. The Labute approximate surface area is 220 Å². The molecule has 36 heavy (non-hydrogen) atoms. The van der Waals surface area contributed by atoms with Gasteiger partial charge in [-0.05, 0) is 55.0 Å². The van der Waals surface area contributed by atoms with Crippen molar-refractivity contribution in [1.29, 1.82) is 0 Å². The van der Waals surface area contributed by atoms with Crippen LogP contribution in [0.3, 0.4) is 0 Å². The van der Waals surface area contributed by atoms with Crippen molar-refractivity contribution in [2.75, 3.05) is 17.2 Å². The summed E-state index contributed by atoms with van der Waals surface area (Å²) in [6, 6.07) is 12.4. The molecule has 1 atom stereocenters. The molecule has 1 aliphatic rings. The molecule has 1 aliphatic carbocycles. The fourth-order valence-electron chi connectivity index (χ4n) is 4.18. The second kappa shape index (κ2) is 9.20. The smallest absolute Gasteiger partial charge is 0.237 e. The Morgan fingerprint density at radius 1 is 1.11 bits per heavy atom. The Morgan fingerprint density at radius 3 is 2.56 bits per heavy atom. The minimum Gasteiger partial charge on any atom is -0.384 e. The molecule has 0 aliphatic heterocycles. The topological polar surface area (TPSA) is 67.7 Å². The van der Waals surface area contributed by atoms with E-state index in [2.05, 4.69) is 46.7 Å². The third-order valence-electron chi connectivity index (χ3n) is 6.53. The van der Waals surface area contributed by atoms with Crippen molar-refractivity contribution in [1.82, 2.24) is 20.0 Å². The van der Waals surface area contributed by atoms with Crippen molar-refractivity contribution in [3.05, 3.63) is 75.9 Å². The number of aromatic nitrogens is 4. The molecule has 4 aromatic rings. The third-order valence-corrected chi connectivity index (χ3v) is 7.16. The molecule has 0 unspecified atom stereocenters. The molecule has 0 saturated heterocycles. The molecule has 0 spiro atoms. The fraction of sp³-hybridized carbons (Fsp3) is 0.370. The first-order chi connectivity index (χ1) is 17.1. The summed E-state index contributed by atoms with van der Waals surface area (Å²) >= 11 is 13.2. The highest BCUT2D eigenvalue weighted by molar-refractivity contribution is 6.35. The summed E-state index contributed by atoms with van der Waals surface area (Å²) in [6.07, 6.45) is 3.48. The minimum absolute atomic E-state index is 0.0892. The number of anilines is 2. The van der Waals surface area contributed by atoms with Gasteiger partial charge in [-0.3, -0.25) is 4.98 Å². The van der Waals surface area contributed by atoms with Gasteiger partial charge < -0.3 is 10.6 Å². The van der Waals surface area contributed by atoms with Crippen molar-refractivity contribution in [2.24, 2.45) is 5.41 Å². The second-order valence-corrected chi connectivity index (χ2v) is 11.7. The van der Waals surface area contributed by atoms with Crippen LogP contribution >= 0.6 is 23.2 Å². The number of halogens is 3. The van der Waals surface area contributed by atoms with Gasteiger partial charge in [-0.1, -0.05) is 67.4 Å². The lowest BCUT2D eigenvalue weighted by Gasteiger charge is -2.22. The molecular weight excluding hydrogens is 498 g/mol. The van der Waals surface area contributed by atoms with E-state index in [4.69, 9.17) is 23.2 Å². The van der Waals surface area contributed by atoms with Crippen molar-refractivity contribution in [2.45, 2.75) is 52.1 Å². The maximum atomic E-state index is 15.7. The van der Waals surface area contributed by atoms with Crippen LogP contribution in [0.25, 0.3) is 10.9 Å². The molecule has 1 fully saturated rings. The third kappa shape index (κ3) is 4.87. The summed E-state index contributed by atoms with van der Waals surface area (Å²) in [5, 5.41) is 17.2. The van der Waals surface area contributed by atoms with Crippen LogP contribution in [-0.4, -0.2) is 26.5 Å². The molecule has 2 aromatic carbocycles. The van der Waals surface area contributed by atoms with E-state index >= 15 is 4.39 Å². The monoisotopic (exact) mass is 526 g/mol. The number of fused-ring (bicyclic) bond motifs is 1. The van der Waals surface area contributed by atoms with Crippen LogP contribution in [0.2, 0.25) is 10.0 Å². The molecule has 0 amide bonds. The Kier molecular flexibility index (Phi) is 6.33. The molecular formula is C27H29Cl2FN6. The highest BCUT2D eigenvalue weighted by Crippen LogP contribution is 2.44. The number of benzene rings is 2. The van der Waals surface area contributed by atoms with E-state index in [1.807, 2.05) is 37.3 Å². The Bertz CT molecular complexity index is 1420.